The Hall–Kier alpha value is -1.97. The summed E-state index contributed by atoms with van der Waals surface area (Å²) in [7, 11) is 0. The fourth-order valence-corrected chi connectivity index (χ4v) is 1.28. The molecule has 0 spiro atoms. The molecule has 14 heavy (non-hydrogen) atoms. The minimum atomic E-state index is 0.397. The third-order valence-corrected chi connectivity index (χ3v) is 1.92. The summed E-state index contributed by atoms with van der Waals surface area (Å²) in [5.41, 5.74) is 1.73. The molecule has 0 fully saturated rings. The highest BCUT2D eigenvalue weighted by Gasteiger charge is 2.01. The van der Waals surface area contributed by atoms with Gasteiger partial charge in [0, 0.05) is 30.1 Å². The summed E-state index contributed by atoms with van der Waals surface area (Å²) in [5, 5.41) is 4.33. The zero-order chi connectivity index (χ0) is 9.80. The van der Waals surface area contributed by atoms with Gasteiger partial charge in [0.15, 0.2) is 5.65 Å². The molecule has 0 aliphatic carbocycles. The summed E-state index contributed by atoms with van der Waals surface area (Å²) in [6.07, 6.45) is 3.42. The second kappa shape index (κ2) is 3.83. The van der Waals surface area contributed by atoms with Gasteiger partial charge >= 0.3 is 0 Å². The lowest BCUT2D eigenvalue weighted by atomic mass is 10.2. The van der Waals surface area contributed by atoms with Crippen molar-refractivity contribution in [2.24, 2.45) is 5.16 Å². The first-order valence-corrected chi connectivity index (χ1v) is 4.18. The Bertz CT molecular complexity index is 451. The molecule has 4 nitrogen and oxygen atoms in total. The van der Waals surface area contributed by atoms with Crippen LogP contribution in [0.3, 0.4) is 0 Å². The Kier molecular flexibility index (Phi) is 2.36. The molecule has 0 bridgehead atoms. The lowest BCUT2D eigenvalue weighted by Gasteiger charge is -2.02. The smallest absolute Gasteiger partial charge is 0.159 e. The normalized spacial score (nSPS) is 10.0. The first-order chi connectivity index (χ1) is 6.92. The summed E-state index contributed by atoms with van der Waals surface area (Å²) in [5.74, 6) is 0. The standard InChI is InChI=1S/C10H9N3O/c1-11-14-7-8-4-6-13-10-9(8)3-2-5-12-10/h2-6H,1,7H2. The van der Waals surface area contributed by atoms with Crippen LogP contribution in [0.5, 0.6) is 0 Å². The minimum absolute atomic E-state index is 0.397. The zero-order valence-corrected chi connectivity index (χ0v) is 7.55. The van der Waals surface area contributed by atoms with Crippen LogP contribution >= 0.6 is 0 Å². The predicted molar refractivity (Wildman–Crippen MR) is 53.9 cm³/mol. The Morgan fingerprint density at radius 1 is 1.29 bits per heavy atom. The fraction of sp³-hybridized carbons (Fsp3) is 0.100. The van der Waals surface area contributed by atoms with Gasteiger partial charge in [-0.15, -0.1) is 5.16 Å². The van der Waals surface area contributed by atoms with Crippen LogP contribution < -0.4 is 0 Å². The minimum Gasteiger partial charge on any atom is -0.391 e. The number of hydrogen-bond acceptors (Lipinski definition) is 4. The van der Waals surface area contributed by atoms with Gasteiger partial charge in [-0.2, -0.15) is 0 Å². The Balaban J connectivity index is 2.48. The second-order valence-electron chi connectivity index (χ2n) is 2.75. The molecular formula is C10H9N3O. The number of pyridine rings is 2. The summed E-state index contributed by atoms with van der Waals surface area (Å²) in [6.45, 7) is 3.65. The van der Waals surface area contributed by atoms with E-state index in [0.29, 0.717) is 6.61 Å². The molecule has 0 radical (unpaired) electrons. The van der Waals surface area contributed by atoms with Crippen LogP contribution in [0.25, 0.3) is 11.0 Å². The van der Waals surface area contributed by atoms with Crippen molar-refractivity contribution in [3.63, 3.8) is 0 Å². The molecule has 2 aromatic heterocycles. The van der Waals surface area contributed by atoms with Crippen molar-refractivity contribution in [2.45, 2.75) is 6.61 Å². The lowest BCUT2D eigenvalue weighted by molar-refractivity contribution is 0.134. The quantitative estimate of drug-likeness (QED) is 0.543. The highest BCUT2D eigenvalue weighted by Crippen LogP contribution is 2.14. The molecule has 2 rings (SSSR count). The molecule has 0 N–H and O–H groups in total. The van der Waals surface area contributed by atoms with Crippen LogP contribution in [0.15, 0.2) is 35.7 Å². The molecule has 2 heterocycles. The van der Waals surface area contributed by atoms with Gasteiger partial charge in [-0.05, 0) is 18.2 Å². The number of oxime groups is 1. The average molecular weight is 187 g/mol. The molecule has 0 amide bonds. The van der Waals surface area contributed by atoms with Gasteiger partial charge in [-0.3, -0.25) is 0 Å². The first-order valence-electron chi connectivity index (χ1n) is 4.18. The van der Waals surface area contributed by atoms with E-state index in [1.54, 1.807) is 12.4 Å². The van der Waals surface area contributed by atoms with E-state index in [2.05, 4.69) is 21.8 Å². The summed E-state index contributed by atoms with van der Waals surface area (Å²) in [6, 6.07) is 5.71. The number of rotatable bonds is 3. The molecule has 70 valence electrons. The highest BCUT2D eigenvalue weighted by atomic mass is 16.6. The second-order valence-corrected chi connectivity index (χ2v) is 2.75. The fourth-order valence-electron chi connectivity index (χ4n) is 1.28. The third kappa shape index (κ3) is 1.54. The number of nitrogens with zero attached hydrogens (tertiary/aromatic N) is 3. The van der Waals surface area contributed by atoms with Gasteiger partial charge in [0.1, 0.15) is 6.61 Å². The van der Waals surface area contributed by atoms with Crippen LogP contribution in [0.2, 0.25) is 0 Å². The molecule has 0 aliphatic heterocycles. The van der Waals surface area contributed by atoms with E-state index in [9.17, 15) is 0 Å². The van der Waals surface area contributed by atoms with Gasteiger partial charge in [-0.25, -0.2) is 9.97 Å². The Labute approximate surface area is 81.2 Å². The van der Waals surface area contributed by atoms with Gasteiger partial charge < -0.3 is 4.84 Å². The number of aromatic nitrogens is 2. The highest BCUT2D eigenvalue weighted by molar-refractivity contribution is 5.77. The zero-order valence-electron chi connectivity index (χ0n) is 7.55. The maximum atomic E-state index is 4.89. The summed E-state index contributed by atoms with van der Waals surface area (Å²) < 4.78 is 0. The molecule has 2 aromatic rings. The molecule has 0 unspecified atom stereocenters. The molecule has 0 aliphatic rings. The number of hydrogen-bond donors (Lipinski definition) is 0. The topological polar surface area (TPSA) is 47.4 Å². The maximum absolute atomic E-state index is 4.89. The monoisotopic (exact) mass is 187 g/mol. The van der Waals surface area contributed by atoms with E-state index in [1.807, 2.05) is 18.2 Å². The van der Waals surface area contributed by atoms with Crippen molar-refractivity contribution in [2.75, 3.05) is 0 Å². The third-order valence-electron chi connectivity index (χ3n) is 1.92. The SMILES string of the molecule is C=NOCc1ccnc2ncccc12. The molecule has 0 aromatic carbocycles. The Morgan fingerprint density at radius 3 is 3.00 bits per heavy atom. The average Bonchev–Trinajstić information content (AvgIpc) is 2.26. The summed E-state index contributed by atoms with van der Waals surface area (Å²) >= 11 is 0. The van der Waals surface area contributed by atoms with E-state index in [0.717, 1.165) is 16.6 Å². The van der Waals surface area contributed by atoms with E-state index in [4.69, 9.17) is 4.84 Å². The van der Waals surface area contributed by atoms with Crippen molar-refractivity contribution in [1.82, 2.24) is 9.97 Å². The largest absolute Gasteiger partial charge is 0.391 e. The van der Waals surface area contributed by atoms with E-state index >= 15 is 0 Å². The van der Waals surface area contributed by atoms with Gasteiger partial charge in [0.2, 0.25) is 0 Å². The predicted octanol–water partition coefficient (Wildman–Crippen LogP) is 1.76. The van der Waals surface area contributed by atoms with Crippen molar-refractivity contribution in [1.29, 1.82) is 0 Å². The lowest BCUT2D eigenvalue weighted by Crippen LogP contribution is -1.91. The van der Waals surface area contributed by atoms with Crippen molar-refractivity contribution < 1.29 is 4.84 Å². The van der Waals surface area contributed by atoms with Gasteiger partial charge in [0.05, 0.1) is 0 Å². The van der Waals surface area contributed by atoms with Crippen LogP contribution in [0.4, 0.5) is 0 Å². The molecule has 0 atom stereocenters. The van der Waals surface area contributed by atoms with Crippen LogP contribution in [-0.4, -0.2) is 16.7 Å². The van der Waals surface area contributed by atoms with Crippen LogP contribution in [0.1, 0.15) is 5.56 Å². The molecule has 4 heteroatoms. The van der Waals surface area contributed by atoms with E-state index < -0.39 is 0 Å². The maximum Gasteiger partial charge on any atom is 0.159 e. The number of fused-ring (bicyclic) bond motifs is 1. The van der Waals surface area contributed by atoms with Gasteiger partial charge in [-0.1, -0.05) is 0 Å². The van der Waals surface area contributed by atoms with Crippen molar-refractivity contribution >= 4 is 17.8 Å². The van der Waals surface area contributed by atoms with E-state index in [-0.39, 0.29) is 0 Å². The first kappa shape index (κ1) is 8.62. The summed E-state index contributed by atoms with van der Waals surface area (Å²) in [4.78, 5) is 13.2. The van der Waals surface area contributed by atoms with E-state index in [1.165, 1.54) is 0 Å². The van der Waals surface area contributed by atoms with Gasteiger partial charge in [0.25, 0.3) is 0 Å². The van der Waals surface area contributed by atoms with Crippen LogP contribution in [0, 0.1) is 0 Å². The Morgan fingerprint density at radius 2 is 2.14 bits per heavy atom. The van der Waals surface area contributed by atoms with Crippen molar-refractivity contribution in [3.8, 4) is 0 Å². The van der Waals surface area contributed by atoms with Crippen molar-refractivity contribution in [3.05, 3.63) is 36.2 Å². The van der Waals surface area contributed by atoms with Crippen LogP contribution in [-0.2, 0) is 11.4 Å². The molecule has 0 saturated carbocycles. The molecular weight excluding hydrogens is 178 g/mol. The molecule has 0 saturated heterocycles.